The highest BCUT2D eigenvalue weighted by Crippen LogP contribution is 2.26. The van der Waals surface area contributed by atoms with Crippen molar-refractivity contribution in [3.63, 3.8) is 0 Å². The zero-order valence-corrected chi connectivity index (χ0v) is 9.95. The number of hydrogen-bond donors (Lipinski definition) is 2. The number of likely N-dealkylation sites (tertiary alicyclic amines) is 1. The molecular weight excluding hydrogens is 210 g/mol. The van der Waals surface area contributed by atoms with Crippen molar-refractivity contribution in [3.05, 3.63) is 42.0 Å². The van der Waals surface area contributed by atoms with Gasteiger partial charge in [-0.25, -0.2) is 0 Å². The van der Waals surface area contributed by atoms with E-state index in [1.165, 1.54) is 36.7 Å². The van der Waals surface area contributed by atoms with Crippen LogP contribution in [0.1, 0.15) is 18.4 Å². The van der Waals surface area contributed by atoms with Gasteiger partial charge in [0.1, 0.15) is 12.3 Å². The van der Waals surface area contributed by atoms with Crippen molar-refractivity contribution in [2.24, 2.45) is 0 Å². The van der Waals surface area contributed by atoms with Gasteiger partial charge < -0.3 is 10.0 Å². The van der Waals surface area contributed by atoms with E-state index in [-0.39, 0.29) is 0 Å². The Morgan fingerprint density at radius 2 is 1.76 bits per heavy atom. The van der Waals surface area contributed by atoms with Gasteiger partial charge in [0.15, 0.2) is 0 Å². The number of hydrogen-bond acceptors (Lipinski definition) is 1. The lowest BCUT2D eigenvalue weighted by atomic mass is 10.0. The van der Waals surface area contributed by atoms with Crippen molar-refractivity contribution in [1.82, 2.24) is 0 Å². The second kappa shape index (κ2) is 4.38. The highest BCUT2D eigenvalue weighted by molar-refractivity contribution is 5.87. The van der Waals surface area contributed by atoms with E-state index in [0.29, 0.717) is 5.75 Å². The fourth-order valence-corrected chi connectivity index (χ4v) is 2.81. The first-order valence-corrected chi connectivity index (χ1v) is 6.38. The van der Waals surface area contributed by atoms with Gasteiger partial charge in [0.2, 0.25) is 0 Å². The fourth-order valence-electron chi connectivity index (χ4n) is 2.81. The molecule has 0 aliphatic carbocycles. The zero-order chi connectivity index (χ0) is 11.7. The first-order valence-electron chi connectivity index (χ1n) is 6.38. The molecule has 2 aromatic rings. The van der Waals surface area contributed by atoms with Gasteiger partial charge in [-0.15, -0.1) is 0 Å². The van der Waals surface area contributed by atoms with Crippen LogP contribution in [0.2, 0.25) is 0 Å². The van der Waals surface area contributed by atoms with Gasteiger partial charge in [-0.05, 0) is 16.8 Å². The number of phenols is 1. The first-order chi connectivity index (χ1) is 8.34. The van der Waals surface area contributed by atoms with Gasteiger partial charge in [-0.1, -0.05) is 30.3 Å². The average molecular weight is 228 g/mol. The standard InChI is InChI=1S/C15H17NO/c17-15-8-7-12-5-1-2-6-13(12)14(15)11-16-9-3-4-10-16/h1-2,5-8,17H,3-4,9-11H2/p+1. The van der Waals surface area contributed by atoms with Gasteiger partial charge in [-0.2, -0.15) is 0 Å². The van der Waals surface area contributed by atoms with Gasteiger partial charge >= 0.3 is 0 Å². The minimum absolute atomic E-state index is 0.447. The molecule has 1 saturated heterocycles. The van der Waals surface area contributed by atoms with Gasteiger partial charge in [0.05, 0.1) is 18.7 Å². The monoisotopic (exact) mass is 228 g/mol. The van der Waals surface area contributed by atoms with E-state index >= 15 is 0 Å². The number of nitrogens with one attached hydrogen (secondary N) is 1. The van der Waals surface area contributed by atoms with E-state index in [2.05, 4.69) is 12.1 Å². The molecule has 0 atom stereocenters. The van der Waals surface area contributed by atoms with E-state index in [9.17, 15) is 5.11 Å². The molecular formula is C15H18NO+. The highest BCUT2D eigenvalue weighted by atomic mass is 16.3. The fraction of sp³-hybridized carbons (Fsp3) is 0.333. The molecule has 2 heteroatoms. The summed E-state index contributed by atoms with van der Waals surface area (Å²) in [5, 5.41) is 12.5. The van der Waals surface area contributed by atoms with Crippen molar-refractivity contribution in [3.8, 4) is 5.75 Å². The summed E-state index contributed by atoms with van der Waals surface area (Å²) in [5.74, 6) is 0.447. The van der Waals surface area contributed by atoms with E-state index in [1.807, 2.05) is 24.3 Å². The average Bonchev–Trinajstić information content (AvgIpc) is 2.86. The maximum Gasteiger partial charge on any atom is 0.125 e. The minimum Gasteiger partial charge on any atom is -0.507 e. The highest BCUT2D eigenvalue weighted by Gasteiger charge is 2.18. The van der Waals surface area contributed by atoms with Crippen LogP contribution in [0.5, 0.6) is 5.75 Å². The lowest BCUT2D eigenvalue weighted by Gasteiger charge is -2.15. The summed E-state index contributed by atoms with van der Waals surface area (Å²) >= 11 is 0. The van der Waals surface area contributed by atoms with Crippen molar-refractivity contribution in [2.75, 3.05) is 13.1 Å². The van der Waals surface area contributed by atoms with Crippen LogP contribution >= 0.6 is 0 Å². The van der Waals surface area contributed by atoms with Crippen LogP contribution in [0.15, 0.2) is 36.4 Å². The molecule has 2 N–H and O–H groups in total. The van der Waals surface area contributed by atoms with Crippen LogP contribution in [0.3, 0.4) is 0 Å². The third-order valence-corrected chi connectivity index (χ3v) is 3.75. The van der Waals surface area contributed by atoms with E-state index in [1.54, 1.807) is 4.90 Å². The van der Waals surface area contributed by atoms with Crippen molar-refractivity contribution in [2.45, 2.75) is 19.4 Å². The van der Waals surface area contributed by atoms with Gasteiger partial charge in [0.25, 0.3) is 0 Å². The number of phenolic OH excluding ortho intramolecular Hbond substituents is 1. The molecule has 88 valence electrons. The van der Waals surface area contributed by atoms with E-state index in [0.717, 1.165) is 12.1 Å². The Morgan fingerprint density at radius 3 is 2.59 bits per heavy atom. The number of rotatable bonds is 2. The quantitative estimate of drug-likeness (QED) is 0.804. The van der Waals surface area contributed by atoms with Crippen LogP contribution in [0.4, 0.5) is 0 Å². The first kappa shape index (κ1) is 10.6. The number of benzene rings is 2. The van der Waals surface area contributed by atoms with Crippen molar-refractivity contribution < 1.29 is 10.0 Å². The lowest BCUT2D eigenvalue weighted by Crippen LogP contribution is -3.08. The summed E-state index contributed by atoms with van der Waals surface area (Å²) < 4.78 is 0. The molecule has 2 aromatic carbocycles. The normalized spacial score (nSPS) is 16.7. The number of aromatic hydroxyl groups is 1. The maximum atomic E-state index is 10.1. The third kappa shape index (κ3) is 2.01. The van der Waals surface area contributed by atoms with Gasteiger partial charge in [0, 0.05) is 12.8 Å². The topological polar surface area (TPSA) is 24.7 Å². The molecule has 0 unspecified atom stereocenters. The van der Waals surface area contributed by atoms with Gasteiger partial charge in [-0.3, -0.25) is 0 Å². The van der Waals surface area contributed by atoms with Crippen LogP contribution in [-0.4, -0.2) is 18.2 Å². The molecule has 0 aromatic heterocycles. The number of fused-ring (bicyclic) bond motifs is 1. The van der Waals surface area contributed by atoms with Crippen LogP contribution < -0.4 is 4.90 Å². The smallest absolute Gasteiger partial charge is 0.125 e. The van der Waals surface area contributed by atoms with Crippen LogP contribution in [0, 0.1) is 0 Å². The van der Waals surface area contributed by atoms with Crippen molar-refractivity contribution >= 4 is 10.8 Å². The minimum atomic E-state index is 0.447. The summed E-state index contributed by atoms with van der Waals surface area (Å²) in [5.41, 5.74) is 1.11. The van der Waals surface area contributed by atoms with E-state index < -0.39 is 0 Å². The summed E-state index contributed by atoms with van der Waals surface area (Å²) in [7, 11) is 0. The Kier molecular flexibility index (Phi) is 2.73. The Hall–Kier alpha value is -1.54. The summed E-state index contributed by atoms with van der Waals surface area (Å²) in [6.07, 6.45) is 2.64. The molecule has 1 heterocycles. The maximum absolute atomic E-state index is 10.1. The predicted octanol–water partition coefficient (Wildman–Crippen LogP) is 1.72. The largest absolute Gasteiger partial charge is 0.507 e. The second-order valence-electron chi connectivity index (χ2n) is 4.92. The number of quaternary nitrogens is 1. The molecule has 0 spiro atoms. The third-order valence-electron chi connectivity index (χ3n) is 3.75. The van der Waals surface area contributed by atoms with E-state index in [4.69, 9.17) is 0 Å². The summed E-state index contributed by atoms with van der Waals surface area (Å²) in [6, 6.07) is 12.1. The molecule has 0 bridgehead atoms. The Balaban J connectivity index is 2.03. The Labute approximate surface area is 101 Å². The molecule has 1 aliphatic rings. The molecule has 0 saturated carbocycles. The lowest BCUT2D eigenvalue weighted by molar-refractivity contribution is -0.901. The molecule has 1 fully saturated rings. The van der Waals surface area contributed by atoms with Crippen molar-refractivity contribution in [1.29, 1.82) is 0 Å². The Bertz CT molecular complexity index is 529. The molecule has 0 amide bonds. The summed E-state index contributed by atoms with van der Waals surface area (Å²) in [6.45, 7) is 3.43. The van der Waals surface area contributed by atoms with Crippen LogP contribution in [0.25, 0.3) is 10.8 Å². The Morgan fingerprint density at radius 1 is 1.00 bits per heavy atom. The SMILES string of the molecule is Oc1ccc2ccccc2c1C[NH+]1CCCC1. The second-order valence-corrected chi connectivity index (χ2v) is 4.92. The molecule has 17 heavy (non-hydrogen) atoms. The molecule has 2 nitrogen and oxygen atoms in total. The molecule has 0 radical (unpaired) electrons. The predicted molar refractivity (Wildman–Crippen MR) is 69.2 cm³/mol. The zero-order valence-electron chi connectivity index (χ0n) is 9.95. The van der Waals surface area contributed by atoms with Crippen LogP contribution in [-0.2, 0) is 6.54 Å². The summed E-state index contributed by atoms with van der Waals surface area (Å²) in [4.78, 5) is 1.59. The molecule has 1 aliphatic heterocycles. The molecule has 3 rings (SSSR count).